The van der Waals surface area contributed by atoms with Crippen molar-refractivity contribution in [3.05, 3.63) is 0 Å². The van der Waals surface area contributed by atoms with Gasteiger partial charge >= 0.3 is 0 Å². The summed E-state index contributed by atoms with van der Waals surface area (Å²) in [7, 11) is 0. The summed E-state index contributed by atoms with van der Waals surface area (Å²) in [5.41, 5.74) is 1.18. The Balaban J connectivity index is 1.66. The fourth-order valence-corrected chi connectivity index (χ4v) is 10.2. The van der Waals surface area contributed by atoms with Crippen LogP contribution in [0.5, 0.6) is 0 Å². The van der Waals surface area contributed by atoms with E-state index in [0.717, 1.165) is 11.6 Å². The molecule has 0 atom stereocenters. The molecule has 0 spiro atoms. The van der Waals surface area contributed by atoms with E-state index in [4.69, 9.17) is 11.8 Å². The Morgan fingerprint density at radius 2 is 1.08 bits per heavy atom. The van der Waals surface area contributed by atoms with Gasteiger partial charge in [0, 0.05) is 17.7 Å². The molecule has 2 N–H and O–H groups in total. The van der Waals surface area contributed by atoms with Crippen LogP contribution in [-0.2, 0) is 11.8 Å². The normalized spacial score (nSPS) is 30.4. The molecular formula is C22H43N2PS. The van der Waals surface area contributed by atoms with Crippen molar-refractivity contribution < 1.29 is 0 Å². The molecule has 3 aliphatic rings. The highest BCUT2D eigenvalue weighted by atomic mass is 32.4. The summed E-state index contributed by atoms with van der Waals surface area (Å²) in [5.74, 6) is 0.881. The number of rotatable bonds is 5. The molecule has 0 aliphatic heterocycles. The molecule has 152 valence electrons. The Bertz CT molecular complexity index is 443. The highest BCUT2D eigenvalue weighted by Crippen LogP contribution is 2.54. The molecule has 0 heterocycles. The van der Waals surface area contributed by atoms with Crippen LogP contribution in [0.4, 0.5) is 0 Å². The van der Waals surface area contributed by atoms with Crippen molar-refractivity contribution in [1.82, 2.24) is 10.2 Å². The van der Waals surface area contributed by atoms with Gasteiger partial charge in [0.2, 0.25) is 0 Å². The lowest BCUT2D eigenvalue weighted by molar-refractivity contribution is 0.181. The number of nitrogens with one attached hydrogen (secondary N) is 2. The first-order valence-corrected chi connectivity index (χ1v) is 14.4. The van der Waals surface area contributed by atoms with Crippen LogP contribution in [0.1, 0.15) is 111 Å². The molecule has 0 bridgehead atoms. The third-order valence-corrected chi connectivity index (χ3v) is 12.0. The predicted octanol–water partition coefficient (Wildman–Crippen LogP) is 6.75. The molecule has 3 saturated carbocycles. The molecule has 0 aromatic carbocycles. The lowest BCUT2D eigenvalue weighted by Crippen LogP contribution is -2.43. The van der Waals surface area contributed by atoms with Crippen molar-refractivity contribution in [2.24, 2.45) is 11.3 Å². The summed E-state index contributed by atoms with van der Waals surface area (Å²) in [6.45, 7) is 7.28. The minimum Gasteiger partial charge on any atom is -0.274 e. The van der Waals surface area contributed by atoms with Crippen molar-refractivity contribution >= 4 is 18.1 Å². The molecule has 0 aromatic rings. The van der Waals surface area contributed by atoms with E-state index < -0.39 is 6.34 Å². The van der Waals surface area contributed by atoms with Gasteiger partial charge in [-0.15, -0.1) is 0 Å². The lowest BCUT2D eigenvalue weighted by Gasteiger charge is -2.44. The summed E-state index contributed by atoms with van der Waals surface area (Å²) in [6, 6.07) is 1.37. The topological polar surface area (TPSA) is 24.1 Å². The number of hydrogen-bond donors (Lipinski definition) is 2. The lowest BCUT2D eigenvalue weighted by atomic mass is 9.72. The van der Waals surface area contributed by atoms with E-state index in [1.54, 1.807) is 0 Å². The maximum atomic E-state index is 6.50. The van der Waals surface area contributed by atoms with Gasteiger partial charge in [0.25, 0.3) is 0 Å². The summed E-state index contributed by atoms with van der Waals surface area (Å²) < 4.78 is 0. The minimum absolute atomic E-state index is 0.459. The second kappa shape index (κ2) is 9.38. The molecule has 0 unspecified atom stereocenters. The zero-order chi connectivity index (χ0) is 18.6. The Hall–Kier alpha value is 0.570. The second-order valence-corrected chi connectivity index (χ2v) is 14.7. The molecule has 26 heavy (non-hydrogen) atoms. The quantitative estimate of drug-likeness (QED) is 0.501. The maximum Gasteiger partial charge on any atom is 0.0758 e. The van der Waals surface area contributed by atoms with Crippen LogP contribution in [0.15, 0.2) is 0 Å². The van der Waals surface area contributed by atoms with Crippen molar-refractivity contribution in [3.8, 4) is 0 Å². The highest BCUT2D eigenvalue weighted by Gasteiger charge is 2.38. The zero-order valence-electron chi connectivity index (χ0n) is 17.6. The van der Waals surface area contributed by atoms with Gasteiger partial charge in [-0.2, -0.15) is 0 Å². The third-order valence-electron chi connectivity index (χ3n) is 7.39. The SMILES string of the molecule is CC(C)(C)C1CCC(P(=S)(NC2CCCCC2)NC2CCCCC2)CC1. The molecular weight excluding hydrogens is 355 g/mol. The highest BCUT2D eigenvalue weighted by molar-refractivity contribution is 8.13. The smallest absolute Gasteiger partial charge is 0.0758 e. The van der Waals surface area contributed by atoms with Crippen molar-refractivity contribution in [2.45, 2.75) is 128 Å². The first kappa shape index (κ1) is 21.3. The van der Waals surface area contributed by atoms with E-state index >= 15 is 0 Å². The number of hydrogen-bond acceptors (Lipinski definition) is 1. The van der Waals surface area contributed by atoms with Crippen molar-refractivity contribution in [2.75, 3.05) is 0 Å². The van der Waals surface area contributed by atoms with Crippen molar-refractivity contribution in [3.63, 3.8) is 0 Å². The third kappa shape index (κ3) is 5.79. The van der Waals surface area contributed by atoms with Gasteiger partial charge in [-0.05, 0) is 62.7 Å². The maximum absolute atomic E-state index is 6.50. The van der Waals surface area contributed by atoms with Crippen LogP contribution >= 0.6 is 6.34 Å². The molecule has 0 saturated heterocycles. The van der Waals surface area contributed by atoms with Gasteiger partial charge in [-0.1, -0.05) is 71.1 Å². The van der Waals surface area contributed by atoms with E-state index in [9.17, 15) is 0 Å². The summed E-state index contributed by atoms with van der Waals surface area (Å²) in [5, 5.41) is 8.24. The van der Waals surface area contributed by atoms with E-state index in [0.29, 0.717) is 17.5 Å². The molecule has 0 amide bonds. The fraction of sp³-hybridized carbons (Fsp3) is 1.00. The molecule has 3 fully saturated rings. The van der Waals surface area contributed by atoms with Crippen LogP contribution in [0.3, 0.4) is 0 Å². The summed E-state index contributed by atoms with van der Waals surface area (Å²) >= 11 is 6.50. The van der Waals surface area contributed by atoms with Gasteiger partial charge in [0.1, 0.15) is 0 Å². The van der Waals surface area contributed by atoms with Crippen LogP contribution < -0.4 is 10.2 Å². The van der Waals surface area contributed by atoms with Crippen molar-refractivity contribution in [1.29, 1.82) is 0 Å². The van der Waals surface area contributed by atoms with Gasteiger partial charge in [-0.3, -0.25) is 10.2 Å². The van der Waals surface area contributed by atoms with E-state index in [1.165, 1.54) is 89.9 Å². The Labute approximate surface area is 168 Å². The van der Waals surface area contributed by atoms with Crippen LogP contribution in [0.2, 0.25) is 0 Å². The molecule has 3 aliphatic carbocycles. The van der Waals surface area contributed by atoms with E-state index in [2.05, 4.69) is 30.9 Å². The average molecular weight is 399 g/mol. The molecule has 0 aromatic heterocycles. The van der Waals surface area contributed by atoms with Gasteiger partial charge in [0.05, 0.1) is 6.34 Å². The molecule has 0 radical (unpaired) electrons. The fourth-order valence-electron chi connectivity index (χ4n) is 5.56. The second-order valence-electron chi connectivity index (χ2n) is 10.5. The minimum atomic E-state index is -1.68. The standard InChI is InChI=1S/C22H43N2PS/c1-22(2,3)18-14-16-21(17-15-18)25(26,23-19-10-6-4-7-11-19)24-20-12-8-5-9-13-20/h18-21H,4-17H2,1-3H3,(H2,23,24,26). The Morgan fingerprint density at radius 3 is 1.46 bits per heavy atom. The van der Waals surface area contributed by atoms with Crippen LogP contribution in [-0.4, -0.2) is 17.7 Å². The van der Waals surface area contributed by atoms with Gasteiger partial charge in [0.15, 0.2) is 0 Å². The monoisotopic (exact) mass is 398 g/mol. The zero-order valence-corrected chi connectivity index (χ0v) is 19.3. The van der Waals surface area contributed by atoms with E-state index in [-0.39, 0.29) is 0 Å². The first-order valence-electron chi connectivity index (χ1n) is 11.5. The molecule has 4 heteroatoms. The first-order chi connectivity index (χ1) is 12.4. The Morgan fingerprint density at radius 1 is 0.654 bits per heavy atom. The van der Waals surface area contributed by atoms with Crippen LogP contribution in [0.25, 0.3) is 0 Å². The largest absolute Gasteiger partial charge is 0.274 e. The molecule has 3 rings (SSSR count). The summed E-state index contributed by atoms with van der Waals surface area (Å²) in [4.78, 5) is 0. The van der Waals surface area contributed by atoms with E-state index in [1.807, 2.05) is 0 Å². The predicted molar refractivity (Wildman–Crippen MR) is 120 cm³/mol. The molecule has 2 nitrogen and oxygen atoms in total. The van der Waals surface area contributed by atoms with Gasteiger partial charge in [-0.25, -0.2) is 0 Å². The average Bonchev–Trinajstić information content (AvgIpc) is 2.63. The summed E-state index contributed by atoms with van der Waals surface area (Å²) in [6.07, 6.45) is 17.6. The Kier molecular flexibility index (Phi) is 7.68. The van der Waals surface area contributed by atoms with Gasteiger partial charge < -0.3 is 0 Å². The van der Waals surface area contributed by atoms with Crippen LogP contribution in [0, 0.1) is 11.3 Å².